The van der Waals surface area contributed by atoms with Crippen molar-refractivity contribution in [3.8, 4) is 0 Å². The fraction of sp³-hybridized carbons (Fsp3) is 0.417. The summed E-state index contributed by atoms with van der Waals surface area (Å²) in [6, 6.07) is 17.0. The second-order valence-electron chi connectivity index (χ2n) is 7.99. The Morgan fingerprint density at radius 2 is 1.90 bits per heavy atom. The van der Waals surface area contributed by atoms with Gasteiger partial charge in [0, 0.05) is 17.6 Å². The third kappa shape index (κ3) is 5.13. The highest BCUT2D eigenvalue weighted by molar-refractivity contribution is 7.80. The lowest BCUT2D eigenvalue weighted by molar-refractivity contribution is 0.411. The minimum absolute atomic E-state index is 0.109. The molecule has 1 fully saturated rings. The first-order valence-corrected chi connectivity index (χ1v) is 12.4. The zero-order valence-corrected chi connectivity index (χ0v) is 19.7. The highest BCUT2D eigenvalue weighted by Crippen LogP contribution is 2.32. The van der Waals surface area contributed by atoms with Crippen molar-refractivity contribution in [1.82, 2.24) is 10.3 Å². The predicted molar refractivity (Wildman–Crippen MR) is 134 cm³/mol. The lowest BCUT2D eigenvalue weighted by Crippen LogP contribution is -2.49. The van der Waals surface area contributed by atoms with Crippen LogP contribution in [0.15, 0.2) is 48.5 Å². The van der Waals surface area contributed by atoms with Gasteiger partial charge in [-0.25, -0.2) is 4.98 Å². The second-order valence-corrected chi connectivity index (χ2v) is 9.87. The van der Waals surface area contributed by atoms with Crippen molar-refractivity contribution in [2.75, 3.05) is 4.90 Å². The zero-order chi connectivity index (χ0) is 20.9. The molecule has 0 bridgehead atoms. The number of hydrogen-bond acceptors (Lipinski definition) is 4. The molecule has 1 saturated carbocycles. The summed E-state index contributed by atoms with van der Waals surface area (Å²) < 4.78 is 1.20. The van der Waals surface area contributed by atoms with E-state index in [4.69, 9.17) is 28.8 Å². The van der Waals surface area contributed by atoms with Gasteiger partial charge in [0.15, 0.2) is 5.13 Å². The number of nitrogens with one attached hydrogen (secondary N) is 1. The average molecular weight is 458 g/mol. The monoisotopic (exact) mass is 457 g/mol. The van der Waals surface area contributed by atoms with Crippen LogP contribution in [0.3, 0.4) is 0 Å². The molecule has 30 heavy (non-hydrogen) atoms. The Kier molecular flexibility index (Phi) is 7.24. The van der Waals surface area contributed by atoms with E-state index in [1.807, 2.05) is 18.2 Å². The zero-order valence-electron chi connectivity index (χ0n) is 17.3. The Balaban J connectivity index is 1.63. The van der Waals surface area contributed by atoms with Crippen LogP contribution < -0.4 is 10.2 Å². The molecule has 1 N–H and O–H groups in total. The first kappa shape index (κ1) is 21.5. The largest absolute Gasteiger partial charge is 0.375 e. The summed E-state index contributed by atoms with van der Waals surface area (Å²) >= 11 is 13.8. The predicted octanol–water partition coefficient (Wildman–Crippen LogP) is 6.98. The Bertz CT molecular complexity index is 947. The molecule has 2 aromatic carbocycles. The van der Waals surface area contributed by atoms with E-state index in [-0.39, 0.29) is 6.04 Å². The fourth-order valence-corrected chi connectivity index (χ4v) is 5.77. The van der Waals surface area contributed by atoms with Crippen LogP contribution in [-0.2, 0) is 6.54 Å². The number of nitrogens with zero attached hydrogens (tertiary/aromatic N) is 2. The third-order valence-corrected chi connectivity index (χ3v) is 7.53. The lowest BCUT2D eigenvalue weighted by Gasteiger charge is -2.34. The molecule has 3 aromatic rings. The maximum absolute atomic E-state index is 6.11. The average Bonchev–Trinajstić information content (AvgIpc) is 3.20. The summed E-state index contributed by atoms with van der Waals surface area (Å²) in [5.41, 5.74) is 2.25. The molecule has 0 spiro atoms. The van der Waals surface area contributed by atoms with E-state index >= 15 is 0 Å². The fourth-order valence-electron chi connectivity index (χ4n) is 4.17. The number of benzene rings is 2. The molecule has 3 nitrogen and oxygen atoms in total. The number of aromatic nitrogens is 1. The smallest absolute Gasteiger partial charge is 0.187 e. The van der Waals surface area contributed by atoms with Gasteiger partial charge in [0.05, 0.1) is 21.2 Å². The van der Waals surface area contributed by atoms with Gasteiger partial charge in [-0.1, -0.05) is 85.6 Å². The Labute approximate surface area is 193 Å². The summed E-state index contributed by atoms with van der Waals surface area (Å²) in [4.78, 5) is 8.27. The van der Waals surface area contributed by atoms with Gasteiger partial charge in [-0.3, -0.25) is 0 Å². The molecule has 4 rings (SSSR count). The number of hydrogen-bond donors (Lipinski definition) is 1. The SMILES string of the molecule is CCC(C(=S)NC1CCCCC1)N(Cc1ccc(Cl)cc1)c1nc2ccccc2s1. The second kappa shape index (κ2) is 10.1. The van der Waals surface area contributed by atoms with Crippen molar-refractivity contribution in [2.45, 2.75) is 64.1 Å². The molecular weight excluding hydrogens is 430 g/mol. The topological polar surface area (TPSA) is 28.2 Å². The van der Waals surface area contributed by atoms with Crippen LogP contribution in [0.2, 0.25) is 5.02 Å². The van der Waals surface area contributed by atoms with Gasteiger partial charge in [-0.2, -0.15) is 0 Å². The molecule has 0 saturated heterocycles. The number of anilines is 1. The molecule has 0 amide bonds. The van der Waals surface area contributed by atoms with Gasteiger partial charge < -0.3 is 10.2 Å². The van der Waals surface area contributed by atoms with E-state index in [0.717, 1.165) is 33.6 Å². The van der Waals surface area contributed by atoms with Crippen molar-refractivity contribution in [2.24, 2.45) is 0 Å². The van der Waals surface area contributed by atoms with Crippen molar-refractivity contribution < 1.29 is 0 Å². The summed E-state index contributed by atoms with van der Waals surface area (Å²) in [5, 5.41) is 5.47. The molecule has 1 aliphatic rings. The maximum Gasteiger partial charge on any atom is 0.187 e. The van der Waals surface area contributed by atoms with E-state index in [9.17, 15) is 0 Å². The first-order chi connectivity index (χ1) is 14.6. The molecule has 1 unspecified atom stereocenters. The molecule has 0 aliphatic heterocycles. The van der Waals surface area contributed by atoms with Gasteiger partial charge in [-0.05, 0) is 49.1 Å². The molecule has 1 aliphatic carbocycles. The van der Waals surface area contributed by atoms with Gasteiger partial charge in [-0.15, -0.1) is 0 Å². The van der Waals surface area contributed by atoms with Crippen LogP contribution in [0.25, 0.3) is 10.2 Å². The van der Waals surface area contributed by atoms with Crippen LogP contribution in [0, 0.1) is 0 Å². The van der Waals surface area contributed by atoms with Crippen LogP contribution in [-0.4, -0.2) is 22.1 Å². The molecule has 6 heteroatoms. The third-order valence-electron chi connectivity index (χ3n) is 5.81. The highest BCUT2D eigenvalue weighted by atomic mass is 35.5. The number of thiocarbonyl (C=S) groups is 1. The Morgan fingerprint density at radius 3 is 2.60 bits per heavy atom. The van der Waals surface area contributed by atoms with Crippen molar-refractivity contribution in [3.05, 3.63) is 59.1 Å². The number of para-hydroxylation sites is 1. The van der Waals surface area contributed by atoms with Gasteiger partial charge in [0.25, 0.3) is 0 Å². The summed E-state index contributed by atoms with van der Waals surface area (Å²) in [7, 11) is 0. The van der Waals surface area contributed by atoms with Gasteiger partial charge in [0.2, 0.25) is 0 Å². The number of fused-ring (bicyclic) bond motifs is 1. The number of halogens is 1. The van der Waals surface area contributed by atoms with Crippen molar-refractivity contribution in [1.29, 1.82) is 0 Å². The normalized spacial score (nSPS) is 15.8. The minimum atomic E-state index is 0.109. The van der Waals surface area contributed by atoms with E-state index in [0.29, 0.717) is 6.04 Å². The van der Waals surface area contributed by atoms with E-state index < -0.39 is 0 Å². The Hall–Kier alpha value is -1.69. The molecule has 1 aromatic heterocycles. The van der Waals surface area contributed by atoms with Crippen LogP contribution >= 0.6 is 35.2 Å². The van der Waals surface area contributed by atoms with Crippen molar-refractivity contribution >= 4 is 55.5 Å². The summed E-state index contributed by atoms with van der Waals surface area (Å²) in [5.74, 6) is 0. The highest BCUT2D eigenvalue weighted by Gasteiger charge is 2.26. The van der Waals surface area contributed by atoms with Crippen LogP contribution in [0.1, 0.15) is 51.0 Å². The van der Waals surface area contributed by atoms with Crippen LogP contribution in [0.4, 0.5) is 5.13 Å². The van der Waals surface area contributed by atoms with E-state index in [1.165, 1.54) is 42.4 Å². The number of rotatable bonds is 7. The van der Waals surface area contributed by atoms with E-state index in [2.05, 4.69) is 47.5 Å². The quantitative estimate of drug-likeness (QED) is 0.387. The molecule has 0 radical (unpaired) electrons. The summed E-state index contributed by atoms with van der Waals surface area (Å²) in [6.45, 7) is 2.96. The molecular formula is C24H28ClN3S2. The van der Waals surface area contributed by atoms with E-state index in [1.54, 1.807) is 11.3 Å². The maximum atomic E-state index is 6.11. The van der Waals surface area contributed by atoms with Crippen molar-refractivity contribution in [3.63, 3.8) is 0 Å². The minimum Gasteiger partial charge on any atom is -0.375 e. The van der Waals surface area contributed by atoms with Gasteiger partial charge >= 0.3 is 0 Å². The van der Waals surface area contributed by atoms with Crippen LogP contribution in [0.5, 0.6) is 0 Å². The lowest BCUT2D eigenvalue weighted by atomic mass is 9.95. The molecule has 1 atom stereocenters. The number of thiazole rings is 1. The summed E-state index contributed by atoms with van der Waals surface area (Å²) in [6.07, 6.45) is 7.30. The standard InChI is InChI=1S/C24H28ClN3S2/c1-2-21(23(29)26-19-8-4-3-5-9-19)28(16-17-12-14-18(25)15-13-17)24-27-20-10-6-7-11-22(20)30-24/h6-7,10-15,19,21H,2-5,8-9,16H2,1H3,(H,26,29). The molecule has 158 valence electrons. The van der Waals surface area contributed by atoms with Gasteiger partial charge in [0.1, 0.15) is 0 Å². The molecule has 1 heterocycles. The Morgan fingerprint density at radius 1 is 1.17 bits per heavy atom. The first-order valence-electron chi connectivity index (χ1n) is 10.8.